The van der Waals surface area contributed by atoms with Gasteiger partial charge in [-0.15, -0.1) is 5.10 Å². The Bertz CT molecular complexity index is 553. The number of nitrogens with one attached hydrogen (secondary N) is 1. The predicted molar refractivity (Wildman–Crippen MR) is 61.8 cm³/mol. The zero-order valence-electron chi connectivity index (χ0n) is 9.74. The van der Waals surface area contributed by atoms with E-state index in [0.29, 0.717) is 18.2 Å². The monoisotopic (exact) mass is 248 g/mol. The fourth-order valence-electron chi connectivity index (χ4n) is 1.34. The SMILES string of the molecule is Cc1ccnc(NCc2cn(CC(=O)O)nn2)n1. The molecule has 94 valence electrons. The molecule has 0 amide bonds. The van der Waals surface area contributed by atoms with Crippen LogP contribution in [0.4, 0.5) is 5.95 Å². The smallest absolute Gasteiger partial charge is 0.325 e. The minimum absolute atomic E-state index is 0.200. The Morgan fingerprint density at radius 2 is 2.39 bits per heavy atom. The maximum Gasteiger partial charge on any atom is 0.325 e. The van der Waals surface area contributed by atoms with Crippen LogP contribution in [0.5, 0.6) is 0 Å². The van der Waals surface area contributed by atoms with Crippen molar-refractivity contribution in [2.24, 2.45) is 0 Å². The van der Waals surface area contributed by atoms with E-state index in [9.17, 15) is 4.79 Å². The lowest BCUT2D eigenvalue weighted by atomic mass is 10.4. The van der Waals surface area contributed by atoms with Crippen molar-refractivity contribution in [3.63, 3.8) is 0 Å². The fourth-order valence-corrected chi connectivity index (χ4v) is 1.34. The van der Waals surface area contributed by atoms with Crippen LogP contribution in [0.25, 0.3) is 0 Å². The molecule has 0 aliphatic heterocycles. The summed E-state index contributed by atoms with van der Waals surface area (Å²) in [7, 11) is 0. The van der Waals surface area contributed by atoms with Crippen molar-refractivity contribution in [1.82, 2.24) is 25.0 Å². The first-order chi connectivity index (χ1) is 8.63. The second-order valence-corrected chi connectivity index (χ2v) is 3.68. The molecule has 0 atom stereocenters. The standard InChI is InChI=1S/C10H12N6O2/c1-7-2-3-11-10(13-7)12-4-8-5-16(15-14-8)6-9(17)18/h2-3,5H,4,6H2,1H3,(H,17,18)(H,11,12,13). The summed E-state index contributed by atoms with van der Waals surface area (Å²) in [6.07, 6.45) is 3.23. The van der Waals surface area contributed by atoms with E-state index < -0.39 is 5.97 Å². The maximum absolute atomic E-state index is 10.5. The quantitative estimate of drug-likeness (QED) is 0.771. The largest absolute Gasteiger partial charge is 0.480 e. The van der Waals surface area contributed by atoms with Crippen LogP contribution < -0.4 is 5.32 Å². The third-order valence-corrected chi connectivity index (χ3v) is 2.11. The van der Waals surface area contributed by atoms with E-state index in [1.54, 1.807) is 18.5 Å². The first kappa shape index (κ1) is 12.0. The van der Waals surface area contributed by atoms with Crippen LogP contribution in [0.2, 0.25) is 0 Å². The Kier molecular flexibility index (Phi) is 3.46. The molecule has 8 heteroatoms. The third-order valence-electron chi connectivity index (χ3n) is 2.11. The molecule has 2 aromatic heterocycles. The number of hydrogen-bond donors (Lipinski definition) is 2. The number of carboxylic acid groups (broad SMARTS) is 1. The Balaban J connectivity index is 1.94. The molecule has 0 saturated heterocycles. The first-order valence-corrected chi connectivity index (χ1v) is 5.28. The van der Waals surface area contributed by atoms with Crippen molar-refractivity contribution in [2.75, 3.05) is 5.32 Å². The lowest BCUT2D eigenvalue weighted by Gasteiger charge is -2.01. The summed E-state index contributed by atoms with van der Waals surface area (Å²) in [5.74, 6) is -0.454. The third kappa shape index (κ3) is 3.24. The van der Waals surface area contributed by atoms with Gasteiger partial charge in [-0.05, 0) is 13.0 Å². The van der Waals surface area contributed by atoms with Crippen LogP contribution in [-0.4, -0.2) is 36.0 Å². The number of hydrogen-bond acceptors (Lipinski definition) is 6. The molecule has 0 spiro atoms. The van der Waals surface area contributed by atoms with E-state index in [1.165, 1.54) is 4.68 Å². The van der Waals surface area contributed by atoms with E-state index in [4.69, 9.17) is 5.11 Å². The van der Waals surface area contributed by atoms with Crippen LogP contribution in [-0.2, 0) is 17.9 Å². The summed E-state index contributed by atoms with van der Waals surface area (Å²) in [5.41, 5.74) is 1.49. The number of anilines is 1. The highest BCUT2D eigenvalue weighted by molar-refractivity contribution is 5.66. The fraction of sp³-hybridized carbons (Fsp3) is 0.300. The van der Waals surface area contributed by atoms with Gasteiger partial charge in [-0.2, -0.15) is 0 Å². The van der Waals surface area contributed by atoms with Gasteiger partial charge in [0.1, 0.15) is 12.2 Å². The average Bonchev–Trinajstić information content (AvgIpc) is 2.73. The van der Waals surface area contributed by atoms with E-state index >= 15 is 0 Å². The topological polar surface area (TPSA) is 106 Å². The van der Waals surface area contributed by atoms with Gasteiger partial charge in [0.2, 0.25) is 5.95 Å². The van der Waals surface area contributed by atoms with Crippen LogP contribution in [0.3, 0.4) is 0 Å². The molecule has 18 heavy (non-hydrogen) atoms. The normalized spacial score (nSPS) is 10.3. The molecule has 2 N–H and O–H groups in total. The maximum atomic E-state index is 10.5. The van der Waals surface area contributed by atoms with Crippen molar-refractivity contribution in [2.45, 2.75) is 20.0 Å². The molecular formula is C10H12N6O2. The van der Waals surface area contributed by atoms with Gasteiger partial charge in [0.05, 0.1) is 12.7 Å². The number of carbonyl (C=O) groups is 1. The molecule has 0 aromatic carbocycles. The van der Waals surface area contributed by atoms with E-state index in [0.717, 1.165) is 5.69 Å². The van der Waals surface area contributed by atoms with Crippen molar-refractivity contribution in [3.05, 3.63) is 29.8 Å². The van der Waals surface area contributed by atoms with Gasteiger partial charge in [-0.3, -0.25) is 4.79 Å². The molecule has 2 heterocycles. The van der Waals surface area contributed by atoms with Gasteiger partial charge in [0.15, 0.2) is 0 Å². The van der Waals surface area contributed by atoms with E-state index in [-0.39, 0.29) is 6.54 Å². The van der Waals surface area contributed by atoms with Crippen LogP contribution in [0, 0.1) is 6.92 Å². The molecule has 0 aliphatic rings. The molecule has 8 nitrogen and oxygen atoms in total. The molecular weight excluding hydrogens is 236 g/mol. The molecule has 0 bridgehead atoms. The molecule has 0 unspecified atom stereocenters. The Morgan fingerprint density at radius 3 is 3.11 bits per heavy atom. The number of aryl methyl sites for hydroxylation is 1. The Labute approximate surface area is 103 Å². The van der Waals surface area contributed by atoms with E-state index in [1.807, 2.05) is 6.92 Å². The number of rotatable bonds is 5. The Morgan fingerprint density at radius 1 is 1.56 bits per heavy atom. The molecule has 0 aliphatic carbocycles. The second-order valence-electron chi connectivity index (χ2n) is 3.68. The van der Waals surface area contributed by atoms with Gasteiger partial charge in [0, 0.05) is 11.9 Å². The van der Waals surface area contributed by atoms with Crippen LogP contribution >= 0.6 is 0 Å². The van der Waals surface area contributed by atoms with Gasteiger partial charge in [-0.25, -0.2) is 14.6 Å². The summed E-state index contributed by atoms with van der Waals surface area (Å²) in [6.45, 7) is 2.06. The van der Waals surface area contributed by atoms with Gasteiger partial charge in [0.25, 0.3) is 0 Å². The molecule has 0 fully saturated rings. The number of aliphatic carboxylic acids is 1. The molecule has 2 aromatic rings. The van der Waals surface area contributed by atoms with Crippen molar-refractivity contribution in [1.29, 1.82) is 0 Å². The lowest BCUT2D eigenvalue weighted by molar-refractivity contribution is -0.137. The van der Waals surface area contributed by atoms with Crippen molar-refractivity contribution >= 4 is 11.9 Å². The summed E-state index contributed by atoms with van der Waals surface area (Å²) >= 11 is 0. The zero-order chi connectivity index (χ0) is 13.0. The molecule has 2 rings (SSSR count). The van der Waals surface area contributed by atoms with Gasteiger partial charge in [-0.1, -0.05) is 5.21 Å². The minimum Gasteiger partial charge on any atom is -0.480 e. The second kappa shape index (κ2) is 5.21. The molecule has 0 radical (unpaired) electrons. The average molecular weight is 248 g/mol. The lowest BCUT2D eigenvalue weighted by Crippen LogP contribution is -2.09. The van der Waals surface area contributed by atoms with Crippen LogP contribution in [0.15, 0.2) is 18.5 Å². The first-order valence-electron chi connectivity index (χ1n) is 5.28. The van der Waals surface area contributed by atoms with Gasteiger partial charge >= 0.3 is 5.97 Å². The number of carboxylic acids is 1. The van der Waals surface area contributed by atoms with Crippen molar-refractivity contribution < 1.29 is 9.90 Å². The number of aromatic nitrogens is 5. The highest BCUT2D eigenvalue weighted by atomic mass is 16.4. The Hall–Kier alpha value is -2.51. The summed E-state index contributed by atoms with van der Waals surface area (Å²) < 4.78 is 1.26. The minimum atomic E-state index is -0.957. The number of nitrogens with zero attached hydrogens (tertiary/aromatic N) is 5. The summed E-state index contributed by atoms with van der Waals surface area (Å²) in [5, 5.41) is 19.1. The highest BCUT2D eigenvalue weighted by Gasteiger charge is 2.04. The van der Waals surface area contributed by atoms with Crippen molar-refractivity contribution in [3.8, 4) is 0 Å². The zero-order valence-corrected chi connectivity index (χ0v) is 9.74. The van der Waals surface area contributed by atoms with Crippen LogP contribution in [0.1, 0.15) is 11.4 Å². The van der Waals surface area contributed by atoms with E-state index in [2.05, 4.69) is 25.6 Å². The molecule has 0 saturated carbocycles. The predicted octanol–water partition coefficient (Wildman–Crippen LogP) is 0.0732. The van der Waals surface area contributed by atoms with Gasteiger partial charge < -0.3 is 10.4 Å². The highest BCUT2D eigenvalue weighted by Crippen LogP contribution is 2.01. The summed E-state index contributed by atoms with van der Waals surface area (Å²) in [6, 6.07) is 1.80. The summed E-state index contributed by atoms with van der Waals surface area (Å²) in [4.78, 5) is 18.7.